The Morgan fingerprint density at radius 3 is 2.89 bits per heavy atom. The number of benzene rings is 1. The number of imidazole rings is 1. The van der Waals surface area contributed by atoms with Crippen molar-refractivity contribution in [3.8, 4) is 17.1 Å². The maximum atomic E-state index is 13.3. The van der Waals surface area contributed by atoms with E-state index >= 15 is 0 Å². The Morgan fingerprint density at radius 1 is 1.24 bits per heavy atom. The van der Waals surface area contributed by atoms with Crippen molar-refractivity contribution in [3.63, 3.8) is 0 Å². The highest BCUT2D eigenvalue weighted by molar-refractivity contribution is 6.04. The van der Waals surface area contributed by atoms with Crippen molar-refractivity contribution < 1.29 is 18.4 Å². The molecule has 9 nitrogen and oxygen atoms in total. The van der Waals surface area contributed by atoms with Crippen LogP contribution in [-0.4, -0.2) is 62.7 Å². The van der Waals surface area contributed by atoms with Gasteiger partial charge in [-0.3, -0.25) is 9.20 Å². The van der Waals surface area contributed by atoms with Crippen molar-refractivity contribution >= 4 is 17.2 Å². The van der Waals surface area contributed by atoms with Crippen molar-refractivity contribution in [1.82, 2.24) is 24.4 Å². The zero-order valence-corrected chi connectivity index (χ0v) is 20.7. The van der Waals surface area contributed by atoms with Crippen LogP contribution in [0.2, 0.25) is 0 Å². The Balaban J connectivity index is 1.12. The quantitative estimate of drug-likeness (QED) is 0.332. The van der Waals surface area contributed by atoms with Crippen molar-refractivity contribution in [3.05, 3.63) is 59.9 Å². The number of hydrogen-bond donors (Lipinski definition) is 1. The highest BCUT2D eigenvalue weighted by Gasteiger charge is 2.43. The number of alkyl halides is 1. The third-order valence-electron chi connectivity index (χ3n) is 7.02. The van der Waals surface area contributed by atoms with Gasteiger partial charge in [-0.25, -0.2) is 9.37 Å². The lowest BCUT2D eigenvalue weighted by Gasteiger charge is -2.14. The van der Waals surface area contributed by atoms with Crippen LogP contribution >= 0.6 is 0 Å². The van der Waals surface area contributed by atoms with E-state index in [0.717, 1.165) is 24.3 Å². The van der Waals surface area contributed by atoms with E-state index in [1.807, 2.05) is 31.2 Å². The molecule has 1 amide bonds. The van der Waals surface area contributed by atoms with Gasteiger partial charge in [-0.05, 0) is 63.4 Å². The molecule has 4 heterocycles. The van der Waals surface area contributed by atoms with Crippen LogP contribution in [0.5, 0.6) is 5.75 Å². The topological polar surface area (TPSA) is 97.8 Å². The number of likely N-dealkylation sites (tertiary alicyclic amines) is 1. The molecule has 192 valence electrons. The molecule has 1 saturated heterocycles. The van der Waals surface area contributed by atoms with E-state index in [1.165, 1.54) is 25.9 Å². The van der Waals surface area contributed by atoms with Crippen LogP contribution in [0.1, 0.15) is 53.5 Å². The number of pyridine rings is 1. The highest BCUT2D eigenvalue weighted by Crippen LogP contribution is 2.43. The fourth-order valence-corrected chi connectivity index (χ4v) is 4.71. The summed E-state index contributed by atoms with van der Waals surface area (Å²) in [6.07, 6.45) is 6.42. The minimum atomic E-state index is -0.908. The number of amides is 1. The largest absolute Gasteiger partial charge is 0.493 e. The fraction of sp³-hybridized carbons (Fsp3) is 0.407. The Hall–Kier alpha value is -3.79. The summed E-state index contributed by atoms with van der Waals surface area (Å²) >= 11 is 0. The Kier molecular flexibility index (Phi) is 6.33. The molecule has 0 unspecified atom stereocenters. The minimum absolute atomic E-state index is 0.293. The number of rotatable bonds is 9. The van der Waals surface area contributed by atoms with E-state index in [2.05, 4.69) is 25.3 Å². The number of ether oxygens (including phenoxy) is 1. The van der Waals surface area contributed by atoms with E-state index in [9.17, 15) is 9.18 Å². The zero-order chi connectivity index (χ0) is 25.4. The highest BCUT2D eigenvalue weighted by atomic mass is 19.1. The molecule has 1 aliphatic heterocycles. The second kappa shape index (κ2) is 9.93. The van der Waals surface area contributed by atoms with E-state index in [1.54, 1.807) is 22.9 Å². The zero-order valence-electron chi connectivity index (χ0n) is 20.7. The summed E-state index contributed by atoms with van der Waals surface area (Å²) in [5.74, 6) is 0.822. The molecule has 1 aromatic carbocycles. The van der Waals surface area contributed by atoms with Crippen LogP contribution in [0.4, 0.5) is 10.1 Å². The fourth-order valence-electron chi connectivity index (χ4n) is 4.71. The van der Waals surface area contributed by atoms with Gasteiger partial charge in [0.15, 0.2) is 0 Å². The molecule has 3 aromatic heterocycles. The van der Waals surface area contributed by atoms with Crippen LogP contribution < -0.4 is 10.1 Å². The molecule has 2 aliphatic rings. The molecule has 0 radical (unpaired) electrons. The van der Waals surface area contributed by atoms with Gasteiger partial charge in [0.2, 0.25) is 11.7 Å². The SMILES string of the molecule is Cc1ccc(-c2noc([C@H]3C[C@@H]3F)n2)cc1NC(=O)c1cnc2cc(OCCCN3CCCC3)ccn12. The van der Waals surface area contributed by atoms with E-state index in [0.29, 0.717) is 47.3 Å². The summed E-state index contributed by atoms with van der Waals surface area (Å²) in [6.45, 7) is 5.99. The number of nitrogens with zero attached hydrogens (tertiary/aromatic N) is 5. The molecule has 10 heteroatoms. The molecule has 37 heavy (non-hydrogen) atoms. The minimum Gasteiger partial charge on any atom is -0.493 e. The average Bonchev–Trinajstić information content (AvgIpc) is 3.35. The van der Waals surface area contributed by atoms with Gasteiger partial charge in [-0.1, -0.05) is 17.3 Å². The first kappa shape index (κ1) is 23.6. The van der Waals surface area contributed by atoms with E-state index in [-0.39, 0.29) is 11.8 Å². The number of carbonyl (C=O) groups is 1. The van der Waals surface area contributed by atoms with Crippen molar-refractivity contribution in [1.29, 1.82) is 0 Å². The summed E-state index contributed by atoms with van der Waals surface area (Å²) in [5.41, 5.74) is 3.22. The number of carbonyl (C=O) groups excluding carboxylic acids is 1. The first-order chi connectivity index (χ1) is 18.0. The number of halogens is 1. The Bertz CT molecular complexity index is 1430. The summed E-state index contributed by atoms with van der Waals surface area (Å²) in [7, 11) is 0. The lowest BCUT2D eigenvalue weighted by molar-refractivity contribution is 0.102. The molecule has 1 saturated carbocycles. The summed E-state index contributed by atoms with van der Waals surface area (Å²) < 4.78 is 26.2. The number of aryl methyl sites for hydroxylation is 1. The monoisotopic (exact) mass is 504 g/mol. The normalized spacial score (nSPS) is 19.4. The van der Waals surface area contributed by atoms with E-state index < -0.39 is 6.17 Å². The third-order valence-corrected chi connectivity index (χ3v) is 7.02. The molecule has 1 aliphatic carbocycles. The number of nitrogens with one attached hydrogen (secondary N) is 1. The van der Waals surface area contributed by atoms with Gasteiger partial charge in [-0.15, -0.1) is 0 Å². The first-order valence-corrected chi connectivity index (χ1v) is 12.8. The smallest absolute Gasteiger partial charge is 0.274 e. The van der Waals surface area contributed by atoms with Gasteiger partial charge in [0.1, 0.15) is 23.3 Å². The predicted molar refractivity (Wildman–Crippen MR) is 136 cm³/mol. The molecule has 2 atom stereocenters. The molecule has 6 rings (SSSR count). The van der Waals surface area contributed by atoms with Crippen molar-refractivity contribution in [2.45, 2.75) is 44.7 Å². The number of hydrogen-bond acceptors (Lipinski definition) is 7. The maximum absolute atomic E-state index is 13.3. The van der Waals surface area contributed by atoms with E-state index in [4.69, 9.17) is 9.26 Å². The van der Waals surface area contributed by atoms with Gasteiger partial charge in [-0.2, -0.15) is 4.98 Å². The van der Waals surface area contributed by atoms with Gasteiger partial charge in [0.05, 0.1) is 18.7 Å². The van der Waals surface area contributed by atoms with Crippen LogP contribution in [0.25, 0.3) is 17.0 Å². The van der Waals surface area contributed by atoms with Gasteiger partial charge in [0, 0.05) is 30.1 Å². The lowest BCUT2D eigenvalue weighted by atomic mass is 10.1. The number of fused-ring (bicyclic) bond motifs is 1. The molecular weight excluding hydrogens is 475 g/mol. The molecule has 0 bridgehead atoms. The summed E-state index contributed by atoms with van der Waals surface area (Å²) in [4.78, 5) is 24.4. The molecule has 4 aromatic rings. The van der Waals surface area contributed by atoms with Gasteiger partial charge in [0.25, 0.3) is 5.91 Å². The van der Waals surface area contributed by atoms with Crippen LogP contribution in [-0.2, 0) is 0 Å². The molecular formula is C27H29FN6O3. The number of aromatic nitrogens is 4. The summed E-state index contributed by atoms with van der Waals surface area (Å²) in [6, 6.07) is 9.20. The van der Waals surface area contributed by atoms with Crippen LogP contribution in [0.3, 0.4) is 0 Å². The van der Waals surface area contributed by atoms with Crippen molar-refractivity contribution in [2.24, 2.45) is 0 Å². The van der Waals surface area contributed by atoms with Gasteiger partial charge >= 0.3 is 0 Å². The number of anilines is 1. The van der Waals surface area contributed by atoms with Crippen LogP contribution in [0, 0.1) is 6.92 Å². The standard InChI is InChI=1S/C27H29FN6O3/c1-17-5-6-18(25-31-27(37-32-25)20-15-21(20)28)13-22(17)30-26(35)23-16-29-24-14-19(7-11-34(23)24)36-12-4-10-33-8-2-3-9-33/h5-7,11,13-14,16,20-21H,2-4,8-10,12,15H2,1H3,(H,30,35)/t20-,21-/m0/s1. The molecule has 2 fully saturated rings. The van der Waals surface area contributed by atoms with Crippen LogP contribution in [0.15, 0.2) is 47.2 Å². The Labute approximate surface area is 213 Å². The van der Waals surface area contributed by atoms with Crippen molar-refractivity contribution in [2.75, 3.05) is 31.6 Å². The average molecular weight is 505 g/mol. The molecule has 0 spiro atoms. The lowest BCUT2D eigenvalue weighted by Crippen LogP contribution is -2.21. The predicted octanol–water partition coefficient (Wildman–Crippen LogP) is 4.64. The van der Waals surface area contributed by atoms with Gasteiger partial charge < -0.3 is 19.5 Å². The second-order valence-electron chi connectivity index (χ2n) is 9.78. The first-order valence-electron chi connectivity index (χ1n) is 12.8. The third kappa shape index (κ3) is 5.06. The molecule has 1 N–H and O–H groups in total. The maximum Gasteiger partial charge on any atom is 0.274 e. The Morgan fingerprint density at radius 2 is 2.08 bits per heavy atom. The summed E-state index contributed by atoms with van der Waals surface area (Å²) in [5, 5.41) is 6.95. The second-order valence-corrected chi connectivity index (χ2v) is 9.78.